The molecule has 0 radical (unpaired) electrons. The third-order valence-corrected chi connectivity index (χ3v) is 6.15. The van der Waals surface area contributed by atoms with Gasteiger partial charge in [0.15, 0.2) is 5.58 Å². The Hall–Kier alpha value is -2.41. The second-order valence-corrected chi connectivity index (χ2v) is 7.70. The van der Waals surface area contributed by atoms with Crippen LogP contribution in [-0.2, 0) is 4.74 Å². The van der Waals surface area contributed by atoms with Crippen LogP contribution in [0, 0.1) is 0 Å². The van der Waals surface area contributed by atoms with Crippen LogP contribution in [0.25, 0.3) is 31.8 Å². The van der Waals surface area contributed by atoms with Gasteiger partial charge in [0.2, 0.25) is 0 Å². The highest BCUT2D eigenvalue weighted by molar-refractivity contribution is 7.22. The maximum Gasteiger partial charge on any atom is 0.357 e. The predicted octanol–water partition coefficient (Wildman–Crippen LogP) is 4.56. The molecule has 4 aromatic rings. The molecule has 5 rings (SSSR count). The summed E-state index contributed by atoms with van der Waals surface area (Å²) in [5.41, 5.74) is 2.60. The highest BCUT2D eigenvalue weighted by Crippen LogP contribution is 2.39. The zero-order chi connectivity index (χ0) is 18.4. The smallest absolute Gasteiger partial charge is 0.357 e. The number of benzene rings is 2. The first-order valence-corrected chi connectivity index (χ1v) is 9.86. The molecule has 2 aromatic heterocycles. The molecule has 0 saturated carbocycles. The topological polar surface area (TPSA) is 55.6 Å². The lowest BCUT2D eigenvalue weighted by Crippen LogP contribution is -2.37. The Bertz CT molecular complexity index is 1200. The third-order valence-electron chi connectivity index (χ3n) is 4.70. The molecule has 0 atom stereocenters. The van der Waals surface area contributed by atoms with E-state index in [0.717, 1.165) is 31.9 Å². The summed E-state index contributed by atoms with van der Waals surface area (Å²) in [6, 6.07) is 13.9. The van der Waals surface area contributed by atoms with E-state index >= 15 is 0 Å². The van der Waals surface area contributed by atoms with Crippen molar-refractivity contribution in [1.29, 1.82) is 0 Å². The predicted molar refractivity (Wildman–Crippen MR) is 109 cm³/mol. The van der Waals surface area contributed by atoms with E-state index in [1.807, 2.05) is 42.5 Å². The lowest BCUT2D eigenvalue weighted by atomic mass is 10.1. The van der Waals surface area contributed by atoms with Crippen LogP contribution in [0.2, 0.25) is 5.02 Å². The zero-order valence-corrected chi connectivity index (χ0v) is 15.8. The van der Waals surface area contributed by atoms with Gasteiger partial charge in [0.1, 0.15) is 10.0 Å². The van der Waals surface area contributed by atoms with E-state index in [1.54, 1.807) is 0 Å². The van der Waals surface area contributed by atoms with Crippen LogP contribution in [-0.4, -0.2) is 31.3 Å². The van der Waals surface area contributed by atoms with Gasteiger partial charge in [0.25, 0.3) is 0 Å². The van der Waals surface area contributed by atoms with Crippen molar-refractivity contribution in [2.45, 2.75) is 0 Å². The number of morpholine rings is 1. The SMILES string of the molecule is O=c1oc2c(ccc3nc(-c4ccccc4)sc32)c(N2CCOCC2)c1Cl. The summed E-state index contributed by atoms with van der Waals surface area (Å²) in [6.45, 7) is 2.60. The van der Waals surface area contributed by atoms with E-state index in [2.05, 4.69) is 4.90 Å². The second kappa shape index (κ2) is 6.64. The molecule has 1 aliphatic rings. The number of ether oxygens (including phenoxy) is 1. The number of anilines is 1. The van der Waals surface area contributed by atoms with Crippen molar-refractivity contribution < 1.29 is 9.15 Å². The lowest BCUT2D eigenvalue weighted by Gasteiger charge is -2.30. The van der Waals surface area contributed by atoms with Gasteiger partial charge in [0, 0.05) is 24.0 Å². The number of halogens is 1. The fourth-order valence-corrected chi connectivity index (χ4v) is 4.72. The largest absolute Gasteiger partial charge is 0.420 e. The van der Waals surface area contributed by atoms with E-state index < -0.39 is 5.63 Å². The quantitative estimate of drug-likeness (QED) is 0.463. The molecule has 0 spiro atoms. The van der Waals surface area contributed by atoms with E-state index in [1.165, 1.54) is 11.3 Å². The Morgan fingerprint density at radius 2 is 1.85 bits per heavy atom. The normalized spacial score (nSPS) is 14.9. The Balaban J connectivity index is 1.77. The molecular weight excluding hydrogens is 384 g/mol. The van der Waals surface area contributed by atoms with Crippen molar-refractivity contribution in [1.82, 2.24) is 4.98 Å². The molecule has 3 heterocycles. The van der Waals surface area contributed by atoms with Gasteiger partial charge in [-0.25, -0.2) is 9.78 Å². The number of rotatable bonds is 2. The molecule has 0 amide bonds. The minimum atomic E-state index is -0.521. The molecule has 5 nitrogen and oxygen atoms in total. The van der Waals surface area contributed by atoms with Gasteiger partial charge in [-0.2, -0.15) is 0 Å². The standard InChI is InChI=1S/C20H15ClN2O3S/c21-15-16(23-8-10-25-11-9-23)13-6-7-14-18(17(13)26-20(15)24)27-19(22-14)12-4-2-1-3-5-12/h1-7H,8-11H2. The Morgan fingerprint density at radius 1 is 1.07 bits per heavy atom. The molecule has 1 fully saturated rings. The Kier molecular flexibility index (Phi) is 4.11. The summed E-state index contributed by atoms with van der Waals surface area (Å²) in [7, 11) is 0. The summed E-state index contributed by atoms with van der Waals surface area (Å²) < 4.78 is 11.9. The Morgan fingerprint density at radius 3 is 2.63 bits per heavy atom. The van der Waals surface area contributed by atoms with Crippen molar-refractivity contribution >= 4 is 49.8 Å². The van der Waals surface area contributed by atoms with Gasteiger partial charge >= 0.3 is 5.63 Å². The van der Waals surface area contributed by atoms with Gasteiger partial charge in [0.05, 0.1) is 29.1 Å². The highest BCUT2D eigenvalue weighted by Gasteiger charge is 2.23. The van der Waals surface area contributed by atoms with Crippen molar-refractivity contribution in [2.24, 2.45) is 0 Å². The molecule has 7 heteroatoms. The van der Waals surface area contributed by atoms with Gasteiger partial charge in [-0.1, -0.05) is 41.9 Å². The van der Waals surface area contributed by atoms with E-state index in [4.69, 9.17) is 25.7 Å². The minimum Gasteiger partial charge on any atom is -0.420 e. The van der Waals surface area contributed by atoms with Crippen molar-refractivity contribution in [3.63, 3.8) is 0 Å². The number of aromatic nitrogens is 1. The first kappa shape index (κ1) is 16.7. The molecule has 136 valence electrons. The lowest BCUT2D eigenvalue weighted by molar-refractivity contribution is 0.123. The molecule has 0 N–H and O–H groups in total. The van der Waals surface area contributed by atoms with Crippen LogP contribution in [0.5, 0.6) is 0 Å². The van der Waals surface area contributed by atoms with Crippen LogP contribution in [0.1, 0.15) is 0 Å². The highest BCUT2D eigenvalue weighted by atomic mass is 35.5. The van der Waals surface area contributed by atoms with E-state index in [9.17, 15) is 4.79 Å². The number of hydrogen-bond acceptors (Lipinski definition) is 6. The fraction of sp³-hybridized carbons (Fsp3) is 0.200. The van der Waals surface area contributed by atoms with Crippen LogP contribution < -0.4 is 10.5 Å². The second-order valence-electron chi connectivity index (χ2n) is 6.33. The average molecular weight is 399 g/mol. The van der Waals surface area contributed by atoms with E-state index in [0.29, 0.717) is 31.9 Å². The molecule has 1 aliphatic heterocycles. The molecule has 0 bridgehead atoms. The number of nitrogens with zero attached hydrogens (tertiary/aromatic N) is 2. The summed E-state index contributed by atoms with van der Waals surface area (Å²) >= 11 is 7.88. The van der Waals surface area contributed by atoms with E-state index in [-0.39, 0.29) is 5.02 Å². The van der Waals surface area contributed by atoms with Crippen LogP contribution >= 0.6 is 22.9 Å². The van der Waals surface area contributed by atoms with Crippen molar-refractivity contribution in [2.75, 3.05) is 31.2 Å². The number of thiazole rings is 1. The van der Waals surface area contributed by atoms with Crippen LogP contribution in [0.4, 0.5) is 5.69 Å². The Labute approximate surface area is 163 Å². The number of fused-ring (bicyclic) bond motifs is 3. The summed E-state index contributed by atoms with van der Waals surface area (Å²) in [6.07, 6.45) is 0. The number of hydrogen-bond donors (Lipinski definition) is 0. The average Bonchev–Trinajstić information content (AvgIpc) is 3.15. The first-order chi connectivity index (χ1) is 13.2. The summed E-state index contributed by atoms with van der Waals surface area (Å²) in [5.74, 6) is 0. The van der Waals surface area contributed by atoms with Gasteiger partial charge in [-0.15, -0.1) is 11.3 Å². The summed E-state index contributed by atoms with van der Waals surface area (Å²) in [4.78, 5) is 19.3. The molecule has 0 unspecified atom stereocenters. The molecule has 27 heavy (non-hydrogen) atoms. The van der Waals surface area contributed by atoms with Gasteiger partial charge in [-0.3, -0.25) is 0 Å². The van der Waals surface area contributed by atoms with Crippen LogP contribution in [0.15, 0.2) is 51.7 Å². The monoisotopic (exact) mass is 398 g/mol. The molecule has 2 aromatic carbocycles. The van der Waals surface area contributed by atoms with Crippen molar-refractivity contribution in [3.8, 4) is 10.6 Å². The molecule has 1 saturated heterocycles. The van der Waals surface area contributed by atoms with Gasteiger partial charge in [-0.05, 0) is 12.1 Å². The van der Waals surface area contributed by atoms with Gasteiger partial charge < -0.3 is 14.1 Å². The molecule has 0 aliphatic carbocycles. The fourth-order valence-electron chi connectivity index (χ4n) is 3.41. The third kappa shape index (κ3) is 2.81. The first-order valence-electron chi connectivity index (χ1n) is 8.66. The maximum absolute atomic E-state index is 12.4. The van der Waals surface area contributed by atoms with Crippen molar-refractivity contribution in [3.05, 3.63) is 57.9 Å². The minimum absolute atomic E-state index is 0.122. The molecular formula is C20H15ClN2O3S. The maximum atomic E-state index is 12.4. The zero-order valence-electron chi connectivity index (χ0n) is 14.3. The summed E-state index contributed by atoms with van der Waals surface area (Å²) in [5, 5.41) is 1.84. The van der Waals surface area contributed by atoms with Crippen LogP contribution in [0.3, 0.4) is 0 Å².